The van der Waals surface area contributed by atoms with Gasteiger partial charge in [0.1, 0.15) is 67.7 Å². The molecule has 0 aliphatic carbocycles. The lowest BCUT2D eigenvalue weighted by molar-refractivity contribution is -0.0536. The maximum atomic E-state index is 12.3. The van der Waals surface area contributed by atoms with Crippen LogP contribution in [0.2, 0.25) is 0 Å². The number of primary amides is 1. The van der Waals surface area contributed by atoms with Gasteiger partial charge in [-0.1, -0.05) is 0 Å². The molecule has 0 spiro atoms. The largest absolute Gasteiger partial charge is 0.497 e. The number of carbonyl (C=O) groups is 1. The summed E-state index contributed by atoms with van der Waals surface area (Å²) in [6.07, 6.45) is -3.55. The predicted octanol–water partition coefficient (Wildman–Crippen LogP) is -3.57. The Morgan fingerprint density at radius 3 is 2.31 bits per heavy atom. The van der Waals surface area contributed by atoms with E-state index < -0.39 is 66.9 Å². The molecule has 0 aromatic carbocycles. The molecule has 0 radical (unpaired) electrons. The number of amides is 1. The van der Waals surface area contributed by atoms with Crippen molar-refractivity contribution in [2.24, 2.45) is 5.73 Å². The van der Waals surface area contributed by atoms with Crippen LogP contribution in [0.15, 0.2) is 42.2 Å². The van der Waals surface area contributed by atoms with E-state index in [1.54, 1.807) is 4.57 Å². The lowest BCUT2D eigenvalue weighted by atomic mass is 10.1. The van der Waals surface area contributed by atoms with Crippen molar-refractivity contribution >= 4 is 34.5 Å². The number of hydrogen-bond acceptors (Lipinski definition) is 20. The predicted molar refractivity (Wildman–Crippen MR) is 180 cm³/mol. The van der Waals surface area contributed by atoms with Crippen LogP contribution in [0.3, 0.4) is 0 Å². The lowest BCUT2D eigenvalue weighted by Crippen LogP contribution is -2.36. The Morgan fingerprint density at radius 2 is 1.63 bits per heavy atom. The smallest absolute Gasteiger partial charge is 0.351 e. The highest BCUT2D eigenvalue weighted by Gasteiger charge is 2.46. The number of fused-ring (bicyclic) bond motifs is 1. The Hall–Kier alpha value is -5.47. The van der Waals surface area contributed by atoms with Crippen LogP contribution in [0.4, 0.5) is 17.5 Å². The van der Waals surface area contributed by atoms with Crippen molar-refractivity contribution in [3.8, 4) is 6.01 Å². The van der Waals surface area contributed by atoms with Crippen LogP contribution in [0.25, 0.3) is 11.2 Å². The van der Waals surface area contributed by atoms with Crippen molar-refractivity contribution in [1.82, 2.24) is 38.6 Å². The first kappa shape index (κ1) is 36.9. The molecule has 290 valence electrons. The van der Waals surface area contributed by atoms with E-state index >= 15 is 0 Å². The van der Waals surface area contributed by atoms with Crippen molar-refractivity contribution in [2.75, 3.05) is 36.6 Å². The van der Waals surface area contributed by atoms with Crippen LogP contribution < -0.4 is 32.9 Å². The van der Waals surface area contributed by atoms with Gasteiger partial charge in [0.15, 0.2) is 35.1 Å². The highest BCUT2D eigenvalue weighted by atomic mass is 16.6. The number of nitrogens with two attached hydrogens (primary N) is 3. The van der Waals surface area contributed by atoms with Crippen molar-refractivity contribution in [2.45, 2.75) is 74.3 Å². The zero-order valence-corrected chi connectivity index (χ0v) is 28.2. The fourth-order valence-corrected chi connectivity index (χ4v) is 6.38. The minimum atomic E-state index is -1.51. The molecular weight excluding hydrogens is 720 g/mol. The summed E-state index contributed by atoms with van der Waals surface area (Å²) in [5, 5.41) is 55.2. The van der Waals surface area contributed by atoms with Gasteiger partial charge in [0.05, 0.1) is 31.6 Å². The third-order valence-electron chi connectivity index (χ3n) is 9.15. The first-order chi connectivity index (χ1) is 25.9. The van der Waals surface area contributed by atoms with E-state index in [0.717, 1.165) is 4.57 Å². The van der Waals surface area contributed by atoms with Crippen molar-refractivity contribution in [3.63, 3.8) is 0 Å². The molecule has 3 aliphatic rings. The molecule has 0 saturated carbocycles. The fourth-order valence-electron chi connectivity index (χ4n) is 6.38. The molecule has 7 rings (SSSR count). The summed E-state index contributed by atoms with van der Waals surface area (Å²) in [5.41, 5.74) is 16.5. The molecule has 24 heteroatoms. The summed E-state index contributed by atoms with van der Waals surface area (Å²) >= 11 is 0. The minimum Gasteiger partial charge on any atom is -0.497 e. The average molecular weight is 759 g/mol. The molecule has 3 saturated heterocycles. The number of nitrogens with zero attached hydrogens (tertiary/aromatic N) is 8. The van der Waals surface area contributed by atoms with E-state index in [9.17, 15) is 35.1 Å². The third-order valence-corrected chi connectivity index (χ3v) is 9.15. The summed E-state index contributed by atoms with van der Waals surface area (Å²) in [7, 11) is 0. The second-order valence-electron chi connectivity index (χ2n) is 12.6. The number of imidazole rings is 2. The molecule has 3 aliphatic heterocycles. The van der Waals surface area contributed by atoms with Crippen LogP contribution in [-0.4, -0.2) is 133 Å². The first-order valence-corrected chi connectivity index (χ1v) is 16.6. The molecule has 1 amide bonds. The number of nitrogen functional groups attached to an aromatic ring is 2. The van der Waals surface area contributed by atoms with E-state index in [1.165, 1.54) is 41.9 Å². The van der Waals surface area contributed by atoms with Gasteiger partial charge >= 0.3 is 11.7 Å². The summed E-state index contributed by atoms with van der Waals surface area (Å²) in [6.45, 7) is -0.736. The molecule has 54 heavy (non-hydrogen) atoms. The van der Waals surface area contributed by atoms with Gasteiger partial charge < -0.3 is 71.7 Å². The Morgan fingerprint density at radius 1 is 0.926 bits per heavy atom. The number of ether oxygens (including phenoxy) is 5. The van der Waals surface area contributed by atoms with E-state index in [1.807, 2.05) is 0 Å². The van der Waals surface area contributed by atoms with Gasteiger partial charge in [0.2, 0.25) is 0 Å². The number of hydrogen-bond donors (Lipinski definition) is 9. The Bertz CT molecular complexity index is 2070. The van der Waals surface area contributed by atoms with E-state index in [0.29, 0.717) is 12.8 Å². The summed E-state index contributed by atoms with van der Waals surface area (Å²) in [4.78, 5) is 44.5. The standard InChI is InChI=1S/C30H38N12O12/c31-15-3-5-40(30(49)37-15)27-21(46)20(45)14(54-27)9-51-29-38-23(32)17-26(39-29)42(11-35-17)28-22(47)19(44)13(53-28)8-50-6-4-34-25-18(24(33)48)36-10-41(25)16-2-1-12(7-43)52-16/h3-6,10-14,16,19-22,27-28,34,43-47H,1-2,7-9H2,(H2,33,48)(H2,31,37,49)(H2,32,38,39)/b6-4+/t12-,13+,14+,16+,19+,20+,21?,22?,27+,28+/m0/s1. The molecule has 3 fully saturated rings. The molecular formula is C30H38N12O12. The fraction of sp³-hybridized carbons (Fsp3) is 0.500. The number of nitrogens with one attached hydrogen (secondary N) is 1. The number of anilines is 3. The van der Waals surface area contributed by atoms with E-state index in [-0.39, 0.29) is 66.2 Å². The van der Waals surface area contributed by atoms with Gasteiger partial charge in [0.25, 0.3) is 5.91 Å². The topological polar surface area (TPSA) is 351 Å². The van der Waals surface area contributed by atoms with Crippen LogP contribution in [0.5, 0.6) is 6.01 Å². The Labute approximate surface area is 303 Å². The van der Waals surface area contributed by atoms with Gasteiger partial charge in [-0.25, -0.2) is 14.8 Å². The summed E-state index contributed by atoms with van der Waals surface area (Å²) in [5.74, 6) is -0.653. The Kier molecular flexibility index (Phi) is 10.3. The highest BCUT2D eigenvalue weighted by Crippen LogP contribution is 2.34. The minimum absolute atomic E-state index is 0.0272. The number of aliphatic hydroxyl groups excluding tert-OH is 5. The van der Waals surface area contributed by atoms with Crippen molar-refractivity contribution in [1.29, 1.82) is 0 Å². The number of aromatic nitrogens is 8. The zero-order valence-electron chi connectivity index (χ0n) is 28.2. The maximum absolute atomic E-state index is 12.3. The first-order valence-electron chi connectivity index (χ1n) is 16.6. The molecule has 0 bridgehead atoms. The van der Waals surface area contributed by atoms with Gasteiger partial charge in [-0.05, 0) is 18.9 Å². The van der Waals surface area contributed by atoms with Crippen molar-refractivity contribution < 1.29 is 54.0 Å². The maximum Gasteiger partial charge on any atom is 0.351 e. The van der Waals surface area contributed by atoms with Crippen LogP contribution >= 0.6 is 0 Å². The third kappa shape index (κ3) is 6.98. The second-order valence-corrected chi connectivity index (χ2v) is 12.6. The van der Waals surface area contributed by atoms with Crippen LogP contribution in [-0.2, 0) is 18.9 Å². The molecule has 24 nitrogen and oxygen atoms in total. The molecule has 7 heterocycles. The Balaban J connectivity index is 0.983. The second kappa shape index (κ2) is 15.1. The normalized spacial score (nSPS) is 29.7. The highest BCUT2D eigenvalue weighted by molar-refractivity contribution is 5.95. The average Bonchev–Trinajstić information content (AvgIpc) is 3.97. The van der Waals surface area contributed by atoms with Crippen LogP contribution in [0, 0.1) is 0 Å². The summed E-state index contributed by atoms with van der Waals surface area (Å²) < 4.78 is 32.5. The molecule has 12 N–H and O–H groups in total. The number of aliphatic hydroxyl groups is 5. The molecule has 4 aromatic rings. The van der Waals surface area contributed by atoms with Crippen LogP contribution in [0.1, 0.15) is 42.0 Å². The quantitative estimate of drug-likeness (QED) is 0.0595. The van der Waals surface area contributed by atoms with Gasteiger partial charge in [0, 0.05) is 12.4 Å². The van der Waals surface area contributed by atoms with Gasteiger partial charge in [-0.3, -0.25) is 18.5 Å². The van der Waals surface area contributed by atoms with E-state index in [2.05, 4.69) is 30.2 Å². The molecule has 10 atom stereocenters. The number of rotatable bonds is 13. The van der Waals surface area contributed by atoms with Gasteiger partial charge in [-0.15, -0.1) is 0 Å². The van der Waals surface area contributed by atoms with Crippen molar-refractivity contribution in [3.05, 3.63) is 53.6 Å². The molecule has 4 aromatic heterocycles. The lowest BCUT2D eigenvalue weighted by Gasteiger charge is -2.17. The molecule has 2 unspecified atom stereocenters. The van der Waals surface area contributed by atoms with Gasteiger partial charge in [-0.2, -0.15) is 15.0 Å². The SMILES string of the molecule is NC(=O)c1ncn([C@H]2CC[C@@H](CO)O2)c1N/C=C/OC[C@H]1O[C@@H](n2cnc3c(N)nc(OC[C@H]4O[C@@H](n5ccc(N)nc5=O)C(O)[C@@H]4O)nc32)C(O)[C@@H]1O. The van der Waals surface area contributed by atoms with E-state index in [4.69, 9.17) is 40.9 Å². The zero-order chi connectivity index (χ0) is 38.3. The summed E-state index contributed by atoms with van der Waals surface area (Å²) in [6, 6.07) is 1.06. The number of carbonyl (C=O) groups excluding carboxylic acids is 1. The monoisotopic (exact) mass is 758 g/mol.